The largest absolute Gasteiger partial charge is 0.497 e. The third kappa shape index (κ3) is 10.2. The standard InChI is InChI=1S/C35H41N5O4/c1-24(38-23-32(41)30-14-15-33(36)39-22-30)18-26-6-8-27(9-7-26)20-34(42)40-21-28-10-12-29(13-11-28)35(43)37-17-16-25-4-3-5-31(19-25)44-2/h3-15,19,22,24,32,38,41H,16-18,20-21,23H2,1-2H3,(H2,36,39)(H,37,43)(H,40,42)/t24?,32-/m0/s1. The minimum Gasteiger partial charge on any atom is -0.497 e. The third-order valence-electron chi connectivity index (χ3n) is 7.32. The van der Waals surface area contributed by atoms with Gasteiger partial charge in [-0.2, -0.15) is 0 Å². The molecule has 4 rings (SSSR count). The first kappa shape index (κ1) is 32.2. The fourth-order valence-corrected chi connectivity index (χ4v) is 4.74. The highest BCUT2D eigenvalue weighted by Gasteiger charge is 2.11. The summed E-state index contributed by atoms with van der Waals surface area (Å²) in [5.41, 5.74) is 11.0. The molecule has 0 aliphatic rings. The summed E-state index contributed by atoms with van der Waals surface area (Å²) in [5, 5.41) is 19.6. The van der Waals surface area contributed by atoms with Crippen LogP contribution >= 0.6 is 0 Å². The van der Waals surface area contributed by atoms with E-state index in [1.165, 1.54) is 0 Å². The first-order valence-electron chi connectivity index (χ1n) is 14.8. The van der Waals surface area contributed by atoms with E-state index in [1.807, 2.05) is 60.7 Å². The lowest BCUT2D eigenvalue weighted by Crippen LogP contribution is -2.32. The number of carbonyl (C=O) groups excluding carboxylic acids is 2. The van der Waals surface area contributed by atoms with E-state index in [1.54, 1.807) is 37.6 Å². The van der Waals surface area contributed by atoms with Crippen molar-refractivity contribution in [3.05, 3.63) is 125 Å². The number of ether oxygens (including phenoxy) is 1. The molecule has 0 saturated heterocycles. The molecule has 2 atom stereocenters. The summed E-state index contributed by atoms with van der Waals surface area (Å²) in [4.78, 5) is 29.1. The lowest BCUT2D eigenvalue weighted by molar-refractivity contribution is -0.120. The van der Waals surface area contributed by atoms with Crippen molar-refractivity contribution in [2.24, 2.45) is 0 Å². The van der Waals surface area contributed by atoms with Crippen LogP contribution in [-0.4, -0.2) is 48.1 Å². The van der Waals surface area contributed by atoms with Crippen molar-refractivity contribution in [1.82, 2.24) is 20.9 Å². The van der Waals surface area contributed by atoms with Gasteiger partial charge >= 0.3 is 0 Å². The van der Waals surface area contributed by atoms with Crippen molar-refractivity contribution in [2.45, 2.75) is 44.9 Å². The van der Waals surface area contributed by atoms with E-state index in [0.717, 1.165) is 40.0 Å². The van der Waals surface area contributed by atoms with Crippen LogP contribution in [0.2, 0.25) is 0 Å². The Kier molecular flexibility index (Phi) is 11.9. The number of nitrogens with zero attached hydrogens (tertiary/aromatic N) is 1. The SMILES string of the molecule is COc1cccc(CCNC(=O)c2ccc(CNC(=O)Cc3ccc(CC(C)NC[C@H](O)c4ccc(N)nc4)cc3)cc2)c1. The Balaban J connectivity index is 1.14. The minimum absolute atomic E-state index is 0.0710. The monoisotopic (exact) mass is 595 g/mol. The molecular weight excluding hydrogens is 554 g/mol. The van der Waals surface area contributed by atoms with Gasteiger partial charge in [0, 0.05) is 43.0 Å². The van der Waals surface area contributed by atoms with E-state index in [9.17, 15) is 14.7 Å². The van der Waals surface area contributed by atoms with E-state index in [4.69, 9.17) is 10.5 Å². The quantitative estimate of drug-likeness (QED) is 0.141. The Bertz CT molecular complexity index is 1490. The van der Waals surface area contributed by atoms with Crippen LogP contribution in [0.3, 0.4) is 0 Å². The number of amides is 2. The molecule has 2 amide bonds. The second-order valence-corrected chi connectivity index (χ2v) is 10.9. The fraction of sp³-hybridized carbons (Fsp3) is 0.286. The molecule has 1 unspecified atom stereocenters. The van der Waals surface area contributed by atoms with Crippen LogP contribution in [0, 0.1) is 0 Å². The highest BCUT2D eigenvalue weighted by atomic mass is 16.5. The zero-order valence-corrected chi connectivity index (χ0v) is 25.3. The van der Waals surface area contributed by atoms with Gasteiger partial charge in [0.05, 0.1) is 19.6 Å². The fourth-order valence-electron chi connectivity index (χ4n) is 4.74. The molecule has 0 aliphatic carbocycles. The highest BCUT2D eigenvalue weighted by molar-refractivity contribution is 5.94. The minimum atomic E-state index is -0.662. The van der Waals surface area contributed by atoms with Crippen molar-refractivity contribution < 1.29 is 19.4 Å². The van der Waals surface area contributed by atoms with E-state index in [0.29, 0.717) is 37.4 Å². The van der Waals surface area contributed by atoms with Crippen LogP contribution in [-0.2, 0) is 30.6 Å². The van der Waals surface area contributed by atoms with Gasteiger partial charge in [-0.3, -0.25) is 9.59 Å². The van der Waals surface area contributed by atoms with Gasteiger partial charge in [-0.1, -0.05) is 54.6 Å². The number of aromatic nitrogens is 1. The van der Waals surface area contributed by atoms with Crippen molar-refractivity contribution >= 4 is 17.6 Å². The Morgan fingerprint density at radius 1 is 0.909 bits per heavy atom. The van der Waals surface area contributed by atoms with Crippen molar-refractivity contribution in [1.29, 1.82) is 0 Å². The number of hydrogen-bond donors (Lipinski definition) is 5. The van der Waals surface area contributed by atoms with Crippen LogP contribution in [0.4, 0.5) is 5.82 Å². The molecule has 9 heteroatoms. The van der Waals surface area contributed by atoms with Crippen LogP contribution in [0.1, 0.15) is 51.2 Å². The van der Waals surface area contributed by atoms with E-state index >= 15 is 0 Å². The number of hydrogen-bond acceptors (Lipinski definition) is 7. The predicted molar refractivity (Wildman–Crippen MR) is 172 cm³/mol. The van der Waals surface area contributed by atoms with Gasteiger partial charge in [-0.05, 0) is 72.4 Å². The highest BCUT2D eigenvalue weighted by Crippen LogP contribution is 2.14. The number of benzene rings is 3. The lowest BCUT2D eigenvalue weighted by atomic mass is 10.0. The van der Waals surface area contributed by atoms with E-state index in [2.05, 4.69) is 27.9 Å². The number of pyridine rings is 1. The summed E-state index contributed by atoms with van der Waals surface area (Å²) >= 11 is 0. The van der Waals surface area contributed by atoms with Gasteiger partial charge in [0.2, 0.25) is 5.91 Å². The van der Waals surface area contributed by atoms with Crippen LogP contribution < -0.4 is 26.4 Å². The van der Waals surface area contributed by atoms with Crippen molar-refractivity contribution in [3.63, 3.8) is 0 Å². The van der Waals surface area contributed by atoms with Gasteiger partial charge in [-0.15, -0.1) is 0 Å². The second kappa shape index (κ2) is 16.2. The molecule has 6 N–H and O–H groups in total. The maximum absolute atomic E-state index is 12.6. The molecule has 0 radical (unpaired) electrons. The second-order valence-electron chi connectivity index (χ2n) is 10.9. The number of nitrogen functional groups attached to an aromatic ring is 1. The summed E-state index contributed by atoms with van der Waals surface area (Å²) in [7, 11) is 1.63. The van der Waals surface area contributed by atoms with E-state index < -0.39 is 6.10 Å². The average molecular weight is 596 g/mol. The lowest BCUT2D eigenvalue weighted by Gasteiger charge is -2.17. The molecule has 3 aromatic carbocycles. The maximum atomic E-state index is 12.6. The predicted octanol–water partition coefficient (Wildman–Crippen LogP) is 3.76. The smallest absolute Gasteiger partial charge is 0.251 e. The molecule has 230 valence electrons. The number of carbonyl (C=O) groups is 2. The number of rotatable bonds is 15. The molecule has 0 aliphatic heterocycles. The van der Waals surface area contributed by atoms with Crippen LogP contribution in [0.5, 0.6) is 5.75 Å². The van der Waals surface area contributed by atoms with E-state index in [-0.39, 0.29) is 24.3 Å². The zero-order valence-electron chi connectivity index (χ0n) is 25.3. The van der Waals surface area contributed by atoms with Gasteiger partial charge in [0.15, 0.2) is 0 Å². The Labute approximate surface area is 258 Å². The Morgan fingerprint density at radius 3 is 2.34 bits per heavy atom. The van der Waals surface area contributed by atoms with Crippen LogP contribution in [0.15, 0.2) is 91.1 Å². The van der Waals surface area contributed by atoms with Gasteiger partial charge in [0.1, 0.15) is 11.6 Å². The summed E-state index contributed by atoms with van der Waals surface area (Å²) in [6.07, 6.45) is 2.70. The molecule has 4 aromatic rings. The molecule has 9 nitrogen and oxygen atoms in total. The first-order chi connectivity index (χ1) is 21.3. The van der Waals surface area contributed by atoms with Crippen molar-refractivity contribution in [2.75, 3.05) is 25.9 Å². The summed E-state index contributed by atoms with van der Waals surface area (Å²) in [6, 6.07) is 26.6. The summed E-state index contributed by atoms with van der Waals surface area (Å²) in [5.74, 6) is 1.02. The van der Waals surface area contributed by atoms with Gasteiger partial charge in [0.25, 0.3) is 5.91 Å². The number of nitrogens with two attached hydrogens (primary N) is 1. The number of aliphatic hydroxyl groups is 1. The van der Waals surface area contributed by atoms with Crippen LogP contribution in [0.25, 0.3) is 0 Å². The number of methoxy groups -OCH3 is 1. The third-order valence-corrected chi connectivity index (χ3v) is 7.32. The number of nitrogens with one attached hydrogen (secondary N) is 3. The maximum Gasteiger partial charge on any atom is 0.251 e. The molecule has 0 bridgehead atoms. The molecule has 0 fully saturated rings. The molecule has 1 aromatic heterocycles. The van der Waals surface area contributed by atoms with Gasteiger partial charge in [-0.25, -0.2) is 4.98 Å². The topological polar surface area (TPSA) is 139 Å². The molecule has 1 heterocycles. The molecule has 44 heavy (non-hydrogen) atoms. The summed E-state index contributed by atoms with van der Waals surface area (Å²) < 4.78 is 5.24. The molecule has 0 saturated carbocycles. The number of aliphatic hydroxyl groups excluding tert-OH is 1. The summed E-state index contributed by atoms with van der Waals surface area (Å²) in [6.45, 7) is 3.38. The zero-order chi connectivity index (χ0) is 31.3. The normalized spacial score (nSPS) is 12.2. The Morgan fingerprint density at radius 2 is 1.64 bits per heavy atom. The first-order valence-corrected chi connectivity index (χ1v) is 14.8. The van der Waals surface area contributed by atoms with Gasteiger partial charge < -0.3 is 31.5 Å². The average Bonchev–Trinajstić information content (AvgIpc) is 3.04. The van der Waals surface area contributed by atoms with Crippen molar-refractivity contribution in [3.8, 4) is 5.75 Å². The Hall–Kier alpha value is -4.73. The number of anilines is 1. The molecule has 0 spiro atoms. The molecular formula is C35H41N5O4.